The molecule has 2 N–H and O–H groups in total. The summed E-state index contributed by atoms with van der Waals surface area (Å²) < 4.78 is 32.9. The third kappa shape index (κ3) is 6.04. The first-order valence-corrected chi connectivity index (χ1v) is 10.9. The lowest BCUT2D eigenvalue weighted by atomic mass is 9.95. The zero-order chi connectivity index (χ0) is 21.6. The second kappa shape index (κ2) is 10.0. The van der Waals surface area contributed by atoms with Crippen LogP contribution in [-0.2, 0) is 24.3 Å². The largest absolute Gasteiger partial charge is 0.456 e. The molecular weight excluding hydrogens is 380 g/mol. The first kappa shape index (κ1) is 24.1. The molecule has 1 unspecified atom stereocenters. The predicted octanol–water partition coefficient (Wildman–Crippen LogP) is 2.36. The Morgan fingerprint density at radius 2 is 1.46 bits per heavy atom. The number of esters is 1. The first-order chi connectivity index (χ1) is 12.9. The minimum atomic E-state index is -3.77. The topological polar surface area (TPSA) is 102 Å². The van der Waals surface area contributed by atoms with Gasteiger partial charge in [0.15, 0.2) is 6.61 Å². The lowest BCUT2D eigenvalue weighted by Gasteiger charge is -2.19. The molecule has 0 spiro atoms. The van der Waals surface area contributed by atoms with Gasteiger partial charge in [-0.1, -0.05) is 6.92 Å². The van der Waals surface area contributed by atoms with Gasteiger partial charge in [0.1, 0.15) is 0 Å². The van der Waals surface area contributed by atoms with E-state index in [4.69, 9.17) is 4.74 Å². The molecule has 0 heterocycles. The highest BCUT2D eigenvalue weighted by atomic mass is 32.2. The summed E-state index contributed by atoms with van der Waals surface area (Å²) in [4.78, 5) is 23.6. The molecule has 1 atom stereocenters. The van der Waals surface area contributed by atoms with E-state index in [-0.39, 0.29) is 36.4 Å². The molecule has 0 saturated heterocycles. The molecule has 0 aliphatic carbocycles. The quantitative estimate of drug-likeness (QED) is 0.606. The van der Waals surface area contributed by atoms with Crippen LogP contribution in [0.1, 0.15) is 54.5 Å². The highest BCUT2D eigenvalue weighted by Gasteiger charge is 2.23. The molecule has 1 aromatic rings. The van der Waals surface area contributed by atoms with Crippen molar-refractivity contribution in [1.29, 1.82) is 0 Å². The first-order valence-electron chi connectivity index (χ1n) is 9.43. The monoisotopic (exact) mass is 412 g/mol. The van der Waals surface area contributed by atoms with Crippen molar-refractivity contribution in [3.8, 4) is 0 Å². The van der Waals surface area contributed by atoms with Crippen LogP contribution in [0.2, 0.25) is 0 Å². The van der Waals surface area contributed by atoms with E-state index >= 15 is 0 Å². The van der Waals surface area contributed by atoms with E-state index < -0.39 is 16.0 Å². The van der Waals surface area contributed by atoms with Crippen molar-refractivity contribution < 1.29 is 22.7 Å². The number of benzene rings is 1. The fourth-order valence-electron chi connectivity index (χ4n) is 2.87. The fraction of sp³-hybridized carbons (Fsp3) is 0.600. The van der Waals surface area contributed by atoms with Crippen LogP contribution in [0, 0.1) is 34.6 Å². The minimum absolute atomic E-state index is 0.00548. The van der Waals surface area contributed by atoms with E-state index in [9.17, 15) is 18.0 Å². The Balaban J connectivity index is 2.69. The van der Waals surface area contributed by atoms with Gasteiger partial charge in [0.2, 0.25) is 10.0 Å². The predicted molar refractivity (Wildman–Crippen MR) is 109 cm³/mol. The lowest BCUT2D eigenvalue weighted by molar-refractivity contribution is -0.148. The molecule has 1 amide bonds. The van der Waals surface area contributed by atoms with E-state index in [0.29, 0.717) is 11.1 Å². The molecule has 8 heteroatoms. The van der Waals surface area contributed by atoms with Gasteiger partial charge in [-0.05, 0) is 75.8 Å². The molecular formula is C20H32N2O5S. The highest BCUT2D eigenvalue weighted by molar-refractivity contribution is 7.89. The van der Waals surface area contributed by atoms with Gasteiger partial charge in [0, 0.05) is 12.6 Å². The van der Waals surface area contributed by atoms with Crippen LogP contribution < -0.4 is 10.0 Å². The Kier molecular flexibility index (Phi) is 8.63. The van der Waals surface area contributed by atoms with Crippen molar-refractivity contribution in [1.82, 2.24) is 10.0 Å². The Hall–Kier alpha value is -1.93. The summed E-state index contributed by atoms with van der Waals surface area (Å²) in [5.74, 6) is -1.01. The number of ether oxygens (including phenoxy) is 1. The van der Waals surface area contributed by atoms with E-state index in [1.807, 2.05) is 34.6 Å². The normalized spacial score (nSPS) is 12.5. The average molecular weight is 413 g/mol. The standard InChI is InChI=1S/C20H32N2O5S/c1-8-12(2)22-18(23)11-27-19(24)9-10-21-28(25,26)20-16(6)14(4)13(3)15(5)17(20)7/h12,21H,8-11H2,1-7H3,(H,22,23). The smallest absolute Gasteiger partial charge is 0.307 e. The van der Waals surface area contributed by atoms with Gasteiger partial charge in [-0.25, -0.2) is 13.1 Å². The van der Waals surface area contributed by atoms with Crippen molar-refractivity contribution in [2.24, 2.45) is 0 Å². The molecule has 1 rings (SSSR count). The van der Waals surface area contributed by atoms with E-state index in [0.717, 1.165) is 23.1 Å². The van der Waals surface area contributed by atoms with Gasteiger partial charge in [0.05, 0.1) is 11.3 Å². The van der Waals surface area contributed by atoms with Crippen LogP contribution in [0.15, 0.2) is 4.90 Å². The van der Waals surface area contributed by atoms with Crippen molar-refractivity contribution in [2.75, 3.05) is 13.2 Å². The van der Waals surface area contributed by atoms with Gasteiger partial charge in [-0.2, -0.15) is 0 Å². The zero-order valence-corrected chi connectivity index (χ0v) is 18.7. The Bertz CT molecular complexity index is 818. The summed E-state index contributed by atoms with van der Waals surface area (Å²) in [7, 11) is -3.77. The third-order valence-electron chi connectivity index (χ3n) is 5.21. The van der Waals surface area contributed by atoms with Gasteiger partial charge < -0.3 is 10.1 Å². The number of hydrogen-bond donors (Lipinski definition) is 2. The Morgan fingerprint density at radius 1 is 0.964 bits per heavy atom. The molecule has 0 saturated carbocycles. The molecule has 7 nitrogen and oxygen atoms in total. The molecule has 158 valence electrons. The minimum Gasteiger partial charge on any atom is -0.456 e. The number of carbonyl (C=O) groups is 2. The third-order valence-corrected chi connectivity index (χ3v) is 6.94. The van der Waals surface area contributed by atoms with Crippen LogP contribution in [0.25, 0.3) is 0 Å². The fourth-order valence-corrected chi connectivity index (χ4v) is 4.49. The molecule has 28 heavy (non-hydrogen) atoms. The summed E-state index contributed by atoms with van der Waals surface area (Å²) in [5, 5.41) is 2.69. The van der Waals surface area contributed by atoms with Crippen LogP contribution in [0.3, 0.4) is 0 Å². The number of rotatable bonds is 9. The van der Waals surface area contributed by atoms with E-state index in [1.165, 1.54) is 0 Å². The van der Waals surface area contributed by atoms with Crippen LogP contribution >= 0.6 is 0 Å². The summed E-state index contributed by atoms with van der Waals surface area (Å²) in [5.41, 5.74) is 4.37. The van der Waals surface area contributed by atoms with Gasteiger partial charge >= 0.3 is 5.97 Å². The number of hydrogen-bond acceptors (Lipinski definition) is 5. The number of carbonyl (C=O) groups excluding carboxylic acids is 2. The van der Waals surface area contributed by atoms with Gasteiger partial charge in [-0.15, -0.1) is 0 Å². The molecule has 0 fully saturated rings. The van der Waals surface area contributed by atoms with Gasteiger partial charge in [0.25, 0.3) is 5.91 Å². The number of sulfonamides is 1. The van der Waals surface area contributed by atoms with Crippen LogP contribution in [0.4, 0.5) is 0 Å². The lowest BCUT2D eigenvalue weighted by Crippen LogP contribution is -2.35. The second-order valence-corrected chi connectivity index (χ2v) is 8.84. The Labute approximate surface area is 168 Å². The summed E-state index contributed by atoms with van der Waals surface area (Å²) in [6.45, 7) is 12.7. The maximum absolute atomic E-state index is 12.8. The van der Waals surface area contributed by atoms with Crippen molar-refractivity contribution in [2.45, 2.75) is 72.2 Å². The molecule has 0 aromatic heterocycles. The molecule has 0 bridgehead atoms. The van der Waals surface area contributed by atoms with E-state index in [1.54, 1.807) is 13.8 Å². The zero-order valence-electron chi connectivity index (χ0n) is 17.9. The molecule has 1 aromatic carbocycles. The number of nitrogens with one attached hydrogen (secondary N) is 2. The second-order valence-electron chi connectivity index (χ2n) is 7.14. The Morgan fingerprint density at radius 3 is 1.96 bits per heavy atom. The summed E-state index contributed by atoms with van der Waals surface area (Å²) >= 11 is 0. The average Bonchev–Trinajstić information content (AvgIpc) is 2.62. The van der Waals surface area contributed by atoms with E-state index in [2.05, 4.69) is 10.0 Å². The molecule has 0 aliphatic rings. The van der Waals surface area contributed by atoms with Gasteiger partial charge in [-0.3, -0.25) is 9.59 Å². The van der Waals surface area contributed by atoms with Crippen LogP contribution in [0.5, 0.6) is 0 Å². The highest BCUT2D eigenvalue weighted by Crippen LogP contribution is 2.29. The maximum Gasteiger partial charge on any atom is 0.307 e. The molecule has 0 aliphatic heterocycles. The van der Waals surface area contributed by atoms with Crippen molar-refractivity contribution in [3.05, 3.63) is 27.8 Å². The summed E-state index contributed by atoms with van der Waals surface area (Å²) in [6, 6.07) is 0.00548. The summed E-state index contributed by atoms with van der Waals surface area (Å²) in [6.07, 6.45) is 0.621. The van der Waals surface area contributed by atoms with Crippen LogP contribution in [-0.4, -0.2) is 39.5 Å². The SMILES string of the molecule is CCC(C)NC(=O)COC(=O)CCNS(=O)(=O)c1c(C)c(C)c(C)c(C)c1C. The molecule has 0 radical (unpaired) electrons. The maximum atomic E-state index is 12.8. The number of amides is 1. The van der Waals surface area contributed by atoms with Crippen molar-refractivity contribution in [3.63, 3.8) is 0 Å². The van der Waals surface area contributed by atoms with Crippen molar-refractivity contribution >= 4 is 21.9 Å².